The molecule has 0 aliphatic carbocycles. The molecule has 0 spiro atoms. The van der Waals surface area contributed by atoms with Crippen LogP contribution in [0.2, 0.25) is 0 Å². The van der Waals surface area contributed by atoms with Crippen LogP contribution in [0.4, 0.5) is 13.2 Å². The van der Waals surface area contributed by atoms with E-state index in [1.54, 1.807) is 6.07 Å². The second kappa shape index (κ2) is 5.01. The second-order valence-electron chi connectivity index (χ2n) is 3.47. The Morgan fingerprint density at radius 3 is 2.71 bits per heavy atom. The summed E-state index contributed by atoms with van der Waals surface area (Å²) in [6.07, 6.45) is -4.14. The van der Waals surface area contributed by atoms with Crippen LogP contribution in [0.1, 0.15) is 18.0 Å². The van der Waals surface area contributed by atoms with E-state index in [2.05, 4.69) is 4.74 Å². The molecule has 0 bridgehead atoms. The lowest BCUT2D eigenvalue weighted by molar-refractivity contribution is -0.275. The number of rotatable bonds is 1. The van der Waals surface area contributed by atoms with Crippen LogP contribution < -0.4 is 15.2 Å². The first-order valence-electron chi connectivity index (χ1n) is 4.74. The Labute approximate surface area is 102 Å². The number of hydrogen-bond acceptors (Lipinski definition) is 3. The van der Waals surface area contributed by atoms with Gasteiger partial charge in [0.25, 0.3) is 0 Å². The van der Waals surface area contributed by atoms with Gasteiger partial charge in [-0.3, -0.25) is 0 Å². The van der Waals surface area contributed by atoms with Crippen molar-refractivity contribution in [2.45, 2.75) is 18.8 Å². The van der Waals surface area contributed by atoms with E-state index in [1.807, 2.05) is 0 Å². The highest BCUT2D eigenvalue weighted by atomic mass is 35.5. The summed E-state index contributed by atoms with van der Waals surface area (Å²) >= 11 is 0. The molecule has 2 rings (SSSR count). The monoisotopic (exact) mass is 269 g/mol. The first-order valence-corrected chi connectivity index (χ1v) is 4.74. The highest BCUT2D eigenvalue weighted by Crippen LogP contribution is 2.40. The largest absolute Gasteiger partial charge is 0.573 e. The molecule has 0 amide bonds. The van der Waals surface area contributed by atoms with Crippen molar-refractivity contribution in [3.8, 4) is 11.5 Å². The number of hydrogen-bond donors (Lipinski definition) is 1. The molecule has 17 heavy (non-hydrogen) atoms. The van der Waals surface area contributed by atoms with E-state index in [4.69, 9.17) is 10.5 Å². The highest BCUT2D eigenvalue weighted by Gasteiger charge is 2.34. The minimum atomic E-state index is -4.72. The highest BCUT2D eigenvalue weighted by molar-refractivity contribution is 5.85. The zero-order valence-corrected chi connectivity index (χ0v) is 9.48. The Morgan fingerprint density at radius 2 is 2.06 bits per heavy atom. The molecular formula is C10H11ClF3NO2. The number of nitrogens with two attached hydrogens (primary N) is 1. The van der Waals surface area contributed by atoms with Gasteiger partial charge in [-0.05, 0) is 6.07 Å². The Morgan fingerprint density at radius 1 is 1.35 bits per heavy atom. The van der Waals surface area contributed by atoms with Crippen LogP contribution >= 0.6 is 12.4 Å². The van der Waals surface area contributed by atoms with Crippen LogP contribution in [0.3, 0.4) is 0 Å². The van der Waals surface area contributed by atoms with E-state index in [1.165, 1.54) is 12.1 Å². The third kappa shape index (κ3) is 3.17. The molecule has 0 radical (unpaired) electrons. The van der Waals surface area contributed by atoms with Gasteiger partial charge >= 0.3 is 6.36 Å². The molecule has 1 aliphatic rings. The van der Waals surface area contributed by atoms with Gasteiger partial charge in [-0.1, -0.05) is 12.1 Å². The first-order chi connectivity index (χ1) is 7.47. The van der Waals surface area contributed by atoms with Crippen molar-refractivity contribution in [2.75, 3.05) is 6.61 Å². The minimum absolute atomic E-state index is 0. The summed E-state index contributed by atoms with van der Waals surface area (Å²) in [4.78, 5) is 0. The fourth-order valence-electron chi connectivity index (χ4n) is 1.63. The lowest BCUT2D eigenvalue weighted by Crippen LogP contribution is -2.23. The molecule has 1 atom stereocenters. The molecule has 1 heterocycles. The van der Waals surface area contributed by atoms with E-state index in [0.29, 0.717) is 18.6 Å². The van der Waals surface area contributed by atoms with E-state index in [-0.39, 0.29) is 29.9 Å². The van der Waals surface area contributed by atoms with Gasteiger partial charge in [0.15, 0.2) is 11.5 Å². The van der Waals surface area contributed by atoms with E-state index >= 15 is 0 Å². The van der Waals surface area contributed by atoms with Crippen molar-refractivity contribution in [3.63, 3.8) is 0 Å². The maximum absolute atomic E-state index is 12.1. The molecule has 0 saturated carbocycles. The minimum Gasteiger partial charge on any atom is -0.489 e. The molecular weight excluding hydrogens is 259 g/mol. The Balaban J connectivity index is 0.00000144. The average Bonchev–Trinajstić information content (AvgIpc) is 2.17. The maximum atomic E-state index is 12.1. The molecule has 96 valence electrons. The molecule has 7 heteroatoms. The van der Waals surface area contributed by atoms with Crippen LogP contribution in [-0.4, -0.2) is 13.0 Å². The Bertz CT molecular complexity index is 398. The van der Waals surface area contributed by atoms with Crippen LogP contribution in [0.15, 0.2) is 18.2 Å². The van der Waals surface area contributed by atoms with Gasteiger partial charge in [0.05, 0.1) is 6.61 Å². The van der Waals surface area contributed by atoms with Crippen molar-refractivity contribution in [1.82, 2.24) is 0 Å². The average molecular weight is 270 g/mol. The summed E-state index contributed by atoms with van der Waals surface area (Å²) in [6, 6.07) is 4.02. The predicted molar refractivity (Wildman–Crippen MR) is 57.4 cm³/mol. The Kier molecular flexibility index (Phi) is 4.11. The topological polar surface area (TPSA) is 44.5 Å². The lowest BCUT2D eigenvalue weighted by atomic mass is 10.0. The predicted octanol–water partition coefficient (Wildman–Crippen LogP) is 2.79. The van der Waals surface area contributed by atoms with Crippen molar-refractivity contribution in [3.05, 3.63) is 23.8 Å². The third-order valence-corrected chi connectivity index (χ3v) is 2.31. The van der Waals surface area contributed by atoms with Crippen molar-refractivity contribution < 1.29 is 22.6 Å². The summed E-state index contributed by atoms with van der Waals surface area (Å²) in [6.45, 7) is 0.298. The zero-order chi connectivity index (χ0) is 11.8. The molecule has 2 N–H and O–H groups in total. The zero-order valence-electron chi connectivity index (χ0n) is 8.66. The molecule has 0 saturated heterocycles. The van der Waals surface area contributed by atoms with Gasteiger partial charge in [-0.2, -0.15) is 0 Å². The third-order valence-electron chi connectivity index (χ3n) is 2.31. The Hall–Kier alpha value is -1.14. The van der Waals surface area contributed by atoms with Crippen LogP contribution in [0.25, 0.3) is 0 Å². The first kappa shape index (κ1) is 13.9. The number of ether oxygens (including phenoxy) is 2. The van der Waals surface area contributed by atoms with Gasteiger partial charge in [0.2, 0.25) is 0 Å². The van der Waals surface area contributed by atoms with Crippen LogP contribution in [0, 0.1) is 0 Å². The second-order valence-corrected chi connectivity index (χ2v) is 3.47. The van der Waals surface area contributed by atoms with Crippen molar-refractivity contribution >= 4 is 12.4 Å². The molecule has 3 nitrogen and oxygen atoms in total. The quantitative estimate of drug-likeness (QED) is 0.853. The maximum Gasteiger partial charge on any atom is 0.573 e. The molecule has 0 fully saturated rings. The van der Waals surface area contributed by atoms with Gasteiger partial charge in [-0.15, -0.1) is 25.6 Å². The van der Waals surface area contributed by atoms with E-state index in [9.17, 15) is 13.2 Å². The standard InChI is InChI=1S/C10H10F3NO2.ClH/c11-10(12,13)16-8-3-1-2-6-7(14)4-5-15-9(6)8;/h1-3,7H,4-5,14H2;1H/t7-;/m1./s1. The van der Waals surface area contributed by atoms with E-state index < -0.39 is 6.36 Å². The molecule has 0 unspecified atom stereocenters. The number of para-hydroxylation sites is 1. The molecule has 0 aromatic heterocycles. The fraction of sp³-hybridized carbons (Fsp3) is 0.400. The molecule has 1 aromatic rings. The molecule has 1 aliphatic heterocycles. The number of halogens is 4. The smallest absolute Gasteiger partial charge is 0.489 e. The van der Waals surface area contributed by atoms with Gasteiger partial charge in [0, 0.05) is 18.0 Å². The lowest BCUT2D eigenvalue weighted by Gasteiger charge is -2.25. The summed E-state index contributed by atoms with van der Waals surface area (Å²) in [7, 11) is 0. The van der Waals surface area contributed by atoms with Gasteiger partial charge in [0.1, 0.15) is 0 Å². The normalized spacial score (nSPS) is 18.7. The van der Waals surface area contributed by atoms with E-state index in [0.717, 1.165) is 0 Å². The number of alkyl halides is 3. The number of fused-ring (bicyclic) bond motifs is 1. The van der Waals surface area contributed by atoms with Gasteiger partial charge in [-0.25, -0.2) is 0 Å². The van der Waals surface area contributed by atoms with Crippen molar-refractivity contribution in [2.24, 2.45) is 5.73 Å². The SMILES string of the molecule is Cl.N[C@@H]1CCOc2c(OC(F)(F)F)cccc21. The molecule has 1 aromatic carbocycles. The van der Waals surface area contributed by atoms with Crippen molar-refractivity contribution in [1.29, 1.82) is 0 Å². The van der Waals surface area contributed by atoms with Crippen LogP contribution in [0.5, 0.6) is 11.5 Å². The van der Waals surface area contributed by atoms with Gasteiger partial charge < -0.3 is 15.2 Å². The summed E-state index contributed by atoms with van der Waals surface area (Å²) in [5.74, 6) is -0.237. The summed E-state index contributed by atoms with van der Waals surface area (Å²) in [5.41, 5.74) is 6.31. The summed E-state index contributed by atoms with van der Waals surface area (Å²) < 4.78 is 45.3. The van der Waals surface area contributed by atoms with Crippen LogP contribution in [-0.2, 0) is 0 Å². The fourth-order valence-corrected chi connectivity index (χ4v) is 1.63. The summed E-state index contributed by atoms with van der Waals surface area (Å²) in [5, 5.41) is 0. The number of benzene rings is 1.